The zero-order chi connectivity index (χ0) is 14.5. The van der Waals surface area contributed by atoms with Crippen LogP contribution in [0.15, 0.2) is 36.4 Å². The summed E-state index contributed by atoms with van der Waals surface area (Å²) in [6.45, 7) is 0.583. The number of nitrogens with two attached hydrogens (primary N) is 1. The van der Waals surface area contributed by atoms with Crippen molar-refractivity contribution in [1.29, 1.82) is 5.26 Å². The Balaban J connectivity index is 2.13. The normalized spacial score (nSPS) is 9.80. The number of nitriles is 1. The van der Waals surface area contributed by atoms with Crippen LogP contribution in [0.2, 0.25) is 0 Å². The maximum absolute atomic E-state index is 10.9. The van der Waals surface area contributed by atoms with Crippen LogP contribution in [-0.4, -0.2) is 23.2 Å². The fourth-order valence-electron chi connectivity index (χ4n) is 1.75. The maximum atomic E-state index is 10.9. The molecule has 100 valence electrons. The van der Waals surface area contributed by atoms with E-state index >= 15 is 0 Å². The van der Waals surface area contributed by atoms with Crippen molar-refractivity contribution in [2.75, 3.05) is 11.9 Å². The highest BCUT2D eigenvalue weighted by molar-refractivity contribution is 5.90. The van der Waals surface area contributed by atoms with Crippen molar-refractivity contribution in [2.24, 2.45) is 5.73 Å². The highest BCUT2D eigenvalue weighted by Crippen LogP contribution is 2.13. The lowest BCUT2D eigenvalue weighted by Gasteiger charge is -2.17. The summed E-state index contributed by atoms with van der Waals surface area (Å²) in [6, 6.07) is 12.7. The molecule has 0 saturated heterocycles. The van der Waals surface area contributed by atoms with E-state index in [1.807, 2.05) is 30.1 Å². The number of benzene rings is 1. The summed E-state index contributed by atoms with van der Waals surface area (Å²) in [6.07, 6.45) is 0. The lowest BCUT2D eigenvalue weighted by molar-refractivity contribution is 0.0994. The van der Waals surface area contributed by atoms with E-state index in [0.29, 0.717) is 17.9 Å². The molecule has 0 radical (unpaired) electrons. The van der Waals surface area contributed by atoms with Gasteiger partial charge in [0.15, 0.2) is 11.5 Å². The van der Waals surface area contributed by atoms with Crippen LogP contribution in [0.1, 0.15) is 21.6 Å². The van der Waals surface area contributed by atoms with Crippen molar-refractivity contribution in [3.8, 4) is 6.07 Å². The number of anilines is 1. The number of carbonyl (C=O) groups excluding carboxylic acids is 1. The Morgan fingerprint density at radius 3 is 2.75 bits per heavy atom. The van der Waals surface area contributed by atoms with Gasteiger partial charge in [-0.05, 0) is 29.8 Å². The first kappa shape index (κ1) is 13.5. The van der Waals surface area contributed by atoms with Crippen LogP contribution in [0.25, 0.3) is 0 Å². The molecule has 2 rings (SSSR count). The van der Waals surface area contributed by atoms with E-state index in [0.717, 1.165) is 5.56 Å². The highest BCUT2D eigenvalue weighted by Gasteiger charge is 2.07. The quantitative estimate of drug-likeness (QED) is 0.894. The van der Waals surface area contributed by atoms with Crippen LogP contribution in [0, 0.1) is 11.3 Å². The van der Waals surface area contributed by atoms with E-state index in [1.165, 1.54) is 6.07 Å². The molecule has 0 aliphatic heterocycles. The molecule has 1 heterocycles. The number of amides is 1. The largest absolute Gasteiger partial charge is 0.364 e. The van der Waals surface area contributed by atoms with Crippen molar-refractivity contribution in [1.82, 2.24) is 10.2 Å². The van der Waals surface area contributed by atoms with E-state index in [-0.39, 0.29) is 5.69 Å². The van der Waals surface area contributed by atoms with Crippen molar-refractivity contribution >= 4 is 11.7 Å². The number of hydrogen-bond acceptors (Lipinski definition) is 5. The molecule has 6 nitrogen and oxygen atoms in total. The first-order valence-electron chi connectivity index (χ1n) is 5.94. The van der Waals surface area contributed by atoms with Gasteiger partial charge in [0.05, 0.1) is 11.6 Å². The summed E-state index contributed by atoms with van der Waals surface area (Å²) in [5.41, 5.74) is 6.85. The molecule has 20 heavy (non-hydrogen) atoms. The lowest BCUT2D eigenvalue weighted by atomic mass is 10.1. The van der Waals surface area contributed by atoms with Gasteiger partial charge in [0, 0.05) is 13.6 Å². The van der Waals surface area contributed by atoms with Crippen molar-refractivity contribution in [2.45, 2.75) is 6.54 Å². The molecule has 6 heteroatoms. The lowest BCUT2D eigenvalue weighted by Crippen LogP contribution is -2.20. The van der Waals surface area contributed by atoms with Gasteiger partial charge in [-0.25, -0.2) is 0 Å². The molecule has 1 amide bonds. The fourth-order valence-corrected chi connectivity index (χ4v) is 1.75. The molecule has 1 aromatic heterocycles. The van der Waals surface area contributed by atoms with Crippen molar-refractivity contribution in [3.63, 3.8) is 0 Å². The smallest absolute Gasteiger partial charge is 0.269 e. The average molecular weight is 267 g/mol. The molecule has 0 bridgehead atoms. The Kier molecular flexibility index (Phi) is 3.91. The number of aromatic nitrogens is 2. The molecule has 2 aromatic rings. The number of hydrogen-bond donors (Lipinski definition) is 1. The Hall–Kier alpha value is -2.94. The third-order valence-corrected chi connectivity index (χ3v) is 2.77. The molecule has 0 aliphatic carbocycles. The van der Waals surface area contributed by atoms with E-state index < -0.39 is 5.91 Å². The highest BCUT2D eigenvalue weighted by atomic mass is 16.1. The minimum Gasteiger partial charge on any atom is -0.364 e. The monoisotopic (exact) mass is 267 g/mol. The summed E-state index contributed by atoms with van der Waals surface area (Å²) < 4.78 is 0. The van der Waals surface area contributed by atoms with Crippen LogP contribution < -0.4 is 10.6 Å². The first-order valence-corrected chi connectivity index (χ1v) is 5.94. The molecule has 0 saturated carbocycles. The Labute approximate surface area is 116 Å². The van der Waals surface area contributed by atoms with Crippen LogP contribution in [0.5, 0.6) is 0 Å². The van der Waals surface area contributed by atoms with Gasteiger partial charge < -0.3 is 10.6 Å². The molecule has 0 aliphatic rings. The summed E-state index contributed by atoms with van der Waals surface area (Å²) in [5, 5.41) is 16.6. The van der Waals surface area contributed by atoms with Gasteiger partial charge >= 0.3 is 0 Å². The van der Waals surface area contributed by atoms with Gasteiger partial charge in [-0.2, -0.15) is 5.26 Å². The number of primary amides is 1. The summed E-state index contributed by atoms with van der Waals surface area (Å²) in [5.74, 6) is 0.0192. The van der Waals surface area contributed by atoms with Crippen LogP contribution >= 0.6 is 0 Å². The Morgan fingerprint density at radius 2 is 2.15 bits per heavy atom. The molecule has 0 atom stereocenters. The minimum atomic E-state index is -0.603. The van der Waals surface area contributed by atoms with Crippen LogP contribution in [0.3, 0.4) is 0 Å². The third kappa shape index (κ3) is 3.09. The topological polar surface area (TPSA) is 95.9 Å². The minimum absolute atomic E-state index is 0.133. The third-order valence-electron chi connectivity index (χ3n) is 2.77. The van der Waals surface area contributed by atoms with Crippen LogP contribution in [0.4, 0.5) is 5.82 Å². The molecular formula is C14H13N5O. The van der Waals surface area contributed by atoms with Crippen LogP contribution in [-0.2, 0) is 6.54 Å². The van der Waals surface area contributed by atoms with E-state index in [4.69, 9.17) is 11.0 Å². The summed E-state index contributed by atoms with van der Waals surface area (Å²) in [4.78, 5) is 12.8. The molecule has 2 N–H and O–H groups in total. The van der Waals surface area contributed by atoms with E-state index in [9.17, 15) is 4.79 Å². The Bertz CT molecular complexity index is 660. The number of carbonyl (C=O) groups is 1. The second kappa shape index (κ2) is 5.80. The van der Waals surface area contributed by atoms with Gasteiger partial charge in [0.1, 0.15) is 0 Å². The van der Waals surface area contributed by atoms with E-state index in [2.05, 4.69) is 16.3 Å². The molecular weight excluding hydrogens is 254 g/mol. The molecule has 0 spiro atoms. The van der Waals surface area contributed by atoms with E-state index in [1.54, 1.807) is 12.1 Å². The SMILES string of the molecule is CN(Cc1cccc(C#N)c1)c1ccc(C(N)=O)nn1. The van der Waals surface area contributed by atoms with Gasteiger partial charge in [-0.3, -0.25) is 4.79 Å². The summed E-state index contributed by atoms with van der Waals surface area (Å²) in [7, 11) is 1.85. The van der Waals surface area contributed by atoms with Gasteiger partial charge in [-0.15, -0.1) is 10.2 Å². The van der Waals surface area contributed by atoms with Gasteiger partial charge in [-0.1, -0.05) is 12.1 Å². The van der Waals surface area contributed by atoms with Gasteiger partial charge in [0.25, 0.3) is 5.91 Å². The number of rotatable bonds is 4. The predicted octanol–water partition coefficient (Wildman–Crippen LogP) is 1.08. The first-order chi connectivity index (χ1) is 9.60. The zero-order valence-electron chi connectivity index (χ0n) is 10.9. The van der Waals surface area contributed by atoms with Crippen molar-refractivity contribution in [3.05, 3.63) is 53.2 Å². The van der Waals surface area contributed by atoms with Gasteiger partial charge in [0.2, 0.25) is 0 Å². The second-order valence-corrected chi connectivity index (χ2v) is 4.31. The Morgan fingerprint density at radius 1 is 1.35 bits per heavy atom. The predicted molar refractivity (Wildman–Crippen MR) is 73.8 cm³/mol. The average Bonchev–Trinajstić information content (AvgIpc) is 2.47. The standard InChI is InChI=1S/C14H13N5O/c1-19(9-11-4-2-3-10(7-11)8-15)13-6-5-12(14(16)20)17-18-13/h2-7H,9H2,1H3,(H2,16,20). The second-order valence-electron chi connectivity index (χ2n) is 4.31. The maximum Gasteiger partial charge on any atom is 0.269 e. The zero-order valence-corrected chi connectivity index (χ0v) is 10.9. The van der Waals surface area contributed by atoms with Crippen molar-refractivity contribution < 1.29 is 4.79 Å². The molecule has 0 unspecified atom stereocenters. The molecule has 0 fully saturated rings. The summed E-state index contributed by atoms with van der Waals surface area (Å²) >= 11 is 0. The number of nitrogens with zero attached hydrogens (tertiary/aromatic N) is 4. The molecule has 1 aromatic carbocycles. The fraction of sp³-hybridized carbons (Fsp3) is 0.143.